The van der Waals surface area contributed by atoms with E-state index in [2.05, 4.69) is 13.8 Å². The molecule has 1 N–H and O–H groups in total. The molecular formula is C12H14O2S. The molecule has 1 heterocycles. The highest BCUT2D eigenvalue weighted by Gasteiger charge is 2.07. The number of thioether (sulfide) groups is 1. The Morgan fingerprint density at radius 2 is 2.20 bits per heavy atom. The fourth-order valence-electron chi connectivity index (χ4n) is 1.44. The highest BCUT2D eigenvalue weighted by atomic mass is 32.2. The second-order valence-corrected chi connectivity index (χ2v) is 5.37. The lowest BCUT2D eigenvalue weighted by Gasteiger charge is -2.02. The van der Waals surface area contributed by atoms with Crippen molar-refractivity contribution < 1.29 is 9.52 Å². The molecule has 0 saturated heterocycles. The van der Waals surface area contributed by atoms with Crippen LogP contribution in [0.4, 0.5) is 0 Å². The summed E-state index contributed by atoms with van der Waals surface area (Å²) in [6, 6.07) is 5.20. The normalized spacial score (nSPS) is 11.4. The zero-order valence-corrected chi connectivity index (χ0v) is 9.67. The van der Waals surface area contributed by atoms with E-state index in [1.807, 2.05) is 11.8 Å². The Balaban J connectivity index is 2.31. The first-order valence-corrected chi connectivity index (χ1v) is 6.02. The van der Waals surface area contributed by atoms with Gasteiger partial charge in [0, 0.05) is 16.7 Å². The van der Waals surface area contributed by atoms with Crippen molar-refractivity contribution in [2.45, 2.75) is 24.9 Å². The molecule has 15 heavy (non-hydrogen) atoms. The first-order chi connectivity index (χ1) is 7.16. The molecule has 0 spiro atoms. The van der Waals surface area contributed by atoms with Crippen LogP contribution in [0.2, 0.25) is 0 Å². The molecule has 0 amide bonds. The minimum atomic E-state index is 0.291. The standard InChI is InChI=1S/C12H14O2S/c1-8(2)15-7-9-6-14-12-4-3-10(13)5-11(9)12/h3-6,8,13H,7H2,1-2H3. The van der Waals surface area contributed by atoms with E-state index in [1.54, 1.807) is 24.5 Å². The number of hydrogen-bond acceptors (Lipinski definition) is 3. The van der Waals surface area contributed by atoms with Crippen LogP contribution < -0.4 is 0 Å². The molecule has 0 aliphatic carbocycles. The molecule has 1 aromatic heterocycles. The molecule has 0 bridgehead atoms. The number of phenols is 1. The largest absolute Gasteiger partial charge is 0.508 e. The van der Waals surface area contributed by atoms with E-state index in [4.69, 9.17) is 4.42 Å². The molecule has 2 nitrogen and oxygen atoms in total. The number of phenolic OH excluding ortho intramolecular Hbond substituents is 1. The van der Waals surface area contributed by atoms with Crippen molar-refractivity contribution in [1.29, 1.82) is 0 Å². The Bertz CT molecular complexity index is 460. The Morgan fingerprint density at radius 1 is 1.40 bits per heavy atom. The van der Waals surface area contributed by atoms with Gasteiger partial charge in [-0.2, -0.15) is 11.8 Å². The van der Waals surface area contributed by atoms with Gasteiger partial charge in [-0.25, -0.2) is 0 Å². The van der Waals surface area contributed by atoms with Crippen molar-refractivity contribution in [3.63, 3.8) is 0 Å². The van der Waals surface area contributed by atoms with E-state index < -0.39 is 0 Å². The molecule has 0 radical (unpaired) electrons. The summed E-state index contributed by atoms with van der Waals surface area (Å²) in [6.45, 7) is 4.34. The van der Waals surface area contributed by atoms with Gasteiger partial charge in [-0.3, -0.25) is 0 Å². The minimum absolute atomic E-state index is 0.291. The average molecular weight is 222 g/mol. The van der Waals surface area contributed by atoms with Crippen LogP contribution in [0.1, 0.15) is 19.4 Å². The van der Waals surface area contributed by atoms with Crippen molar-refractivity contribution in [3.05, 3.63) is 30.0 Å². The summed E-state index contributed by atoms with van der Waals surface area (Å²) in [5.74, 6) is 1.22. The van der Waals surface area contributed by atoms with Gasteiger partial charge >= 0.3 is 0 Å². The van der Waals surface area contributed by atoms with Crippen LogP contribution in [0.5, 0.6) is 5.75 Å². The van der Waals surface area contributed by atoms with Crippen molar-refractivity contribution in [1.82, 2.24) is 0 Å². The van der Waals surface area contributed by atoms with E-state index in [1.165, 1.54) is 0 Å². The van der Waals surface area contributed by atoms with Crippen LogP contribution in [0, 0.1) is 0 Å². The molecule has 80 valence electrons. The van der Waals surface area contributed by atoms with Gasteiger partial charge < -0.3 is 9.52 Å². The van der Waals surface area contributed by atoms with Gasteiger partial charge in [-0.15, -0.1) is 0 Å². The van der Waals surface area contributed by atoms with Crippen molar-refractivity contribution in [2.24, 2.45) is 0 Å². The first-order valence-electron chi connectivity index (χ1n) is 4.97. The summed E-state index contributed by atoms with van der Waals surface area (Å²) in [4.78, 5) is 0. The lowest BCUT2D eigenvalue weighted by Crippen LogP contribution is -1.87. The molecule has 2 rings (SSSR count). The van der Waals surface area contributed by atoms with E-state index in [9.17, 15) is 5.11 Å². The summed E-state index contributed by atoms with van der Waals surface area (Å²) in [7, 11) is 0. The Hall–Kier alpha value is -1.09. The summed E-state index contributed by atoms with van der Waals surface area (Å²) < 4.78 is 5.41. The monoisotopic (exact) mass is 222 g/mol. The fraction of sp³-hybridized carbons (Fsp3) is 0.333. The lowest BCUT2D eigenvalue weighted by atomic mass is 10.2. The molecule has 0 aliphatic heterocycles. The zero-order valence-electron chi connectivity index (χ0n) is 8.86. The van der Waals surface area contributed by atoms with Gasteiger partial charge in [-0.05, 0) is 23.4 Å². The molecule has 0 fully saturated rings. The molecular weight excluding hydrogens is 208 g/mol. The van der Waals surface area contributed by atoms with Crippen LogP contribution in [-0.4, -0.2) is 10.4 Å². The van der Waals surface area contributed by atoms with Gasteiger partial charge in [0.05, 0.1) is 6.26 Å². The maximum Gasteiger partial charge on any atom is 0.134 e. The van der Waals surface area contributed by atoms with Crippen molar-refractivity contribution in [3.8, 4) is 5.75 Å². The maximum absolute atomic E-state index is 9.40. The van der Waals surface area contributed by atoms with Gasteiger partial charge in [0.1, 0.15) is 11.3 Å². The second-order valence-electron chi connectivity index (χ2n) is 3.80. The molecule has 0 aliphatic rings. The summed E-state index contributed by atoms with van der Waals surface area (Å²) in [5, 5.41) is 11.0. The molecule has 0 atom stereocenters. The lowest BCUT2D eigenvalue weighted by molar-refractivity contribution is 0.476. The number of aromatic hydroxyl groups is 1. The Labute approximate surface area is 93.3 Å². The van der Waals surface area contributed by atoms with E-state index in [-0.39, 0.29) is 0 Å². The minimum Gasteiger partial charge on any atom is -0.508 e. The predicted octanol–water partition coefficient (Wildman–Crippen LogP) is 3.78. The number of fused-ring (bicyclic) bond motifs is 1. The first kappa shape index (κ1) is 10.4. The highest BCUT2D eigenvalue weighted by molar-refractivity contribution is 7.99. The highest BCUT2D eigenvalue weighted by Crippen LogP contribution is 2.28. The molecule has 2 aromatic rings. The Kier molecular flexibility index (Phi) is 2.91. The average Bonchev–Trinajstić information content (AvgIpc) is 2.57. The summed E-state index contributed by atoms with van der Waals surface area (Å²) >= 11 is 1.87. The molecule has 0 saturated carbocycles. The van der Waals surface area contributed by atoms with E-state index >= 15 is 0 Å². The third-order valence-electron chi connectivity index (χ3n) is 2.21. The van der Waals surface area contributed by atoms with Crippen molar-refractivity contribution in [2.75, 3.05) is 0 Å². The van der Waals surface area contributed by atoms with Gasteiger partial charge in [0.2, 0.25) is 0 Å². The van der Waals surface area contributed by atoms with E-state index in [0.717, 1.165) is 22.3 Å². The quantitative estimate of drug-likeness (QED) is 0.858. The maximum atomic E-state index is 9.40. The van der Waals surface area contributed by atoms with Crippen LogP contribution in [0.15, 0.2) is 28.9 Å². The molecule has 1 aromatic carbocycles. The number of benzene rings is 1. The zero-order chi connectivity index (χ0) is 10.8. The molecule has 0 unspecified atom stereocenters. The van der Waals surface area contributed by atoms with E-state index in [0.29, 0.717) is 11.0 Å². The summed E-state index contributed by atoms with van der Waals surface area (Å²) in [6.07, 6.45) is 1.78. The second kappa shape index (κ2) is 4.19. The van der Waals surface area contributed by atoms with Gasteiger partial charge in [0.25, 0.3) is 0 Å². The van der Waals surface area contributed by atoms with Crippen molar-refractivity contribution >= 4 is 22.7 Å². The Morgan fingerprint density at radius 3 is 2.93 bits per heavy atom. The smallest absolute Gasteiger partial charge is 0.134 e. The van der Waals surface area contributed by atoms with Crippen LogP contribution in [0.3, 0.4) is 0 Å². The van der Waals surface area contributed by atoms with Crippen LogP contribution in [0.25, 0.3) is 11.0 Å². The SMILES string of the molecule is CC(C)SCc1coc2ccc(O)cc12. The fourth-order valence-corrected chi connectivity index (χ4v) is 2.17. The predicted molar refractivity (Wildman–Crippen MR) is 64.3 cm³/mol. The third-order valence-corrected chi connectivity index (χ3v) is 3.35. The van der Waals surface area contributed by atoms with Gasteiger partial charge in [-0.1, -0.05) is 13.8 Å². The van der Waals surface area contributed by atoms with Crippen LogP contribution >= 0.6 is 11.8 Å². The topological polar surface area (TPSA) is 33.4 Å². The number of furan rings is 1. The van der Waals surface area contributed by atoms with Crippen LogP contribution in [-0.2, 0) is 5.75 Å². The number of hydrogen-bond donors (Lipinski definition) is 1. The number of rotatable bonds is 3. The third kappa shape index (κ3) is 2.29. The van der Waals surface area contributed by atoms with Gasteiger partial charge in [0.15, 0.2) is 0 Å². The molecule has 3 heteroatoms. The summed E-state index contributed by atoms with van der Waals surface area (Å²) in [5.41, 5.74) is 1.99.